The molecule has 0 atom stereocenters. The Hall–Kier alpha value is -1.96. The second kappa shape index (κ2) is 6.66. The second-order valence-corrected chi connectivity index (χ2v) is 6.07. The van der Waals surface area contributed by atoms with Crippen LogP contribution >= 0.6 is 0 Å². The number of hydrogen-bond acceptors (Lipinski definition) is 4. The maximum atomic E-state index is 12.4. The molecule has 0 saturated carbocycles. The maximum absolute atomic E-state index is 12.4. The number of aryl methyl sites for hydroxylation is 1. The van der Waals surface area contributed by atoms with Crippen molar-refractivity contribution in [2.24, 2.45) is 0 Å². The molecule has 0 fully saturated rings. The summed E-state index contributed by atoms with van der Waals surface area (Å²) in [5.74, 6) is 0.641. The minimum Gasteiger partial charge on any atom is -0.389 e. The Kier molecular flexibility index (Phi) is 5.03. The van der Waals surface area contributed by atoms with Gasteiger partial charge in [0.2, 0.25) is 0 Å². The van der Waals surface area contributed by atoms with Gasteiger partial charge in [0.25, 0.3) is 0 Å². The number of alkyl halides is 3. The lowest BCUT2D eigenvalue weighted by atomic mass is 10.1. The summed E-state index contributed by atoms with van der Waals surface area (Å²) in [5.41, 5.74) is -0.220. The van der Waals surface area contributed by atoms with Crippen LogP contribution in [-0.2, 0) is 19.4 Å². The van der Waals surface area contributed by atoms with Crippen LogP contribution in [0.1, 0.15) is 37.5 Å². The van der Waals surface area contributed by atoms with Crippen LogP contribution in [0.2, 0.25) is 0 Å². The third-order valence-electron chi connectivity index (χ3n) is 3.05. The Morgan fingerprint density at radius 1 is 1.26 bits per heavy atom. The van der Waals surface area contributed by atoms with Gasteiger partial charge in [0.05, 0.1) is 18.6 Å². The van der Waals surface area contributed by atoms with Gasteiger partial charge >= 0.3 is 6.18 Å². The second-order valence-electron chi connectivity index (χ2n) is 6.07. The summed E-state index contributed by atoms with van der Waals surface area (Å²) in [6.45, 7) is 3.23. The molecule has 0 bridgehead atoms. The summed E-state index contributed by atoms with van der Waals surface area (Å²) in [5, 5.41) is 14.1. The topological polar surface area (TPSA) is 63.8 Å². The van der Waals surface area contributed by atoms with E-state index in [1.807, 2.05) is 6.07 Å². The molecule has 8 heteroatoms. The Morgan fingerprint density at radius 2 is 2.00 bits per heavy atom. The van der Waals surface area contributed by atoms with Crippen molar-refractivity contribution in [2.45, 2.75) is 51.4 Å². The van der Waals surface area contributed by atoms with Crippen molar-refractivity contribution < 1.29 is 18.3 Å². The minimum atomic E-state index is -4.25. The van der Waals surface area contributed by atoms with Crippen LogP contribution < -0.4 is 0 Å². The van der Waals surface area contributed by atoms with E-state index in [1.165, 1.54) is 4.68 Å². The van der Waals surface area contributed by atoms with Crippen molar-refractivity contribution in [1.82, 2.24) is 19.7 Å². The van der Waals surface area contributed by atoms with Gasteiger partial charge in [-0.1, -0.05) is 6.07 Å². The van der Waals surface area contributed by atoms with Gasteiger partial charge in [-0.3, -0.25) is 4.98 Å². The fourth-order valence-electron chi connectivity index (χ4n) is 2.12. The van der Waals surface area contributed by atoms with E-state index in [0.717, 1.165) is 5.56 Å². The molecule has 0 radical (unpaired) electrons. The first-order chi connectivity index (χ1) is 10.6. The standard InChI is InChI=1S/C15H19F3N4O/c1-14(2,23)10-22-13(5-6-15(16,17)18)20-12(21-22)8-11-4-3-7-19-9-11/h3-4,7,9,23H,5-6,8,10H2,1-2H3. The third-order valence-corrected chi connectivity index (χ3v) is 3.05. The van der Waals surface area contributed by atoms with E-state index >= 15 is 0 Å². The van der Waals surface area contributed by atoms with Gasteiger partial charge in [-0.05, 0) is 25.5 Å². The molecule has 0 saturated heterocycles. The maximum Gasteiger partial charge on any atom is 0.389 e. The molecule has 0 aliphatic carbocycles. The Balaban J connectivity index is 2.20. The zero-order valence-electron chi connectivity index (χ0n) is 13.0. The normalized spacial score (nSPS) is 12.6. The van der Waals surface area contributed by atoms with E-state index in [-0.39, 0.29) is 18.8 Å². The van der Waals surface area contributed by atoms with E-state index in [1.54, 1.807) is 32.3 Å². The highest BCUT2D eigenvalue weighted by Crippen LogP contribution is 2.22. The number of aliphatic hydroxyl groups is 1. The first-order valence-corrected chi connectivity index (χ1v) is 7.23. The molecule has 2 rings (SSSR count). The molecule has 126 valence electrons. The highest BCUT2D eigenvalue weighted by molar-refractivity contribution is 5.14. The van der Waals surface area contributed by atoms with E-state index < -0.39 is 18.2 Å². The highest BCUT2D eigenvalue weighted by atomic mass is 19.4. The molecule has 0 aliphatic rings. The van der Waals surface area contributed by atoms with E-state index in [4.69, 9.17) is 0 Å². The molecule has 2 aromatic heterocycles. The average Bonchev–Trinajstić information content (AvgIpc) is 2.76. The van der Waals surface area contributed by atoms with Crippen molar-refractivity contribution in [3.8, 4) is 0 Å². The molecule has 0 spiro atoms. The quantitative estimate of drug-likeness (QED) is 0.885. The fourth-order valence-corrected chi connectivity index (χ4v) is 2.12. The predicted octanol–water partition coefficient (Wildman–Crippen LogP) is 2.53. The van der Waals surface area contributed by atoms with Gasteiger partial charge in [-0.2, -0.15) is 18.3 Å². The summed E-state index contributed by atoms with van der Waals surface area (Å²) < 4.78 is 38.7. The van der Waals surface area contributed by atoms with E-state index in [9.17, 15) is 18.3 Å². The molecule has 23 heavy (non-hydrogen) atoms. The lowest BCUT2D eigenvalue weighted by Crippen LogP contribution is -2.28. The summed E-state index contributed by atoms with van der Waals surface area (Å²) >= 11 is 0. The van der Waals surface area contributed by atoms with Gasteiger partial charge < -0.3 is 5.11 Å². The minimum absolute atomic E-state index is 0.0836. The average molecular weight is 328 g/mol. The monoisotopic (exact) mass is 328 g/mol. The van der Waals surface area contributed by atoms with Crippen LogP contribution in [-0.4, -0.2) is 36.6 Å². The Labute approximate surface area is 132 Å². The van der Waals surface area contributed by atoms with Gasteiger partial charge in [-0.25, -0.2) is 9.67 Å². The van der Waals surface area contributed by atoms with Crippen LogP contribution in [0, 0.1) is 0 Å². The molecule has 0 aliphatic heterocycles. The number of aromatic nitrogens is 4. The molecule has 0 unspecified atom stereocenters. The van der Waals surface area contributed by atoms with Gasteiger partial charge in [0.15, 0.2) is 5.82 Å². The lowest BCUT2D eigenvalue weighted by molar-refractivity contribution is -0.134. The number of pyridine rings is 1. The Morgan fingerprint density at radius 3 is 2.57 bits per heavy atom. The number of nitrogens with zero attached hydrogens (tertiary/aromatic N) is 4. The van der Waals surface area contributed by atoms with Crippen molar-refractivity contribution >= 4 is 0 Å². The van der Waals surface area contributed by atoms with Crippen LogP contribution in [0.4, 0.5) is 13.2 Å². The summed E-state index contributed by atoms with van der Waals surface area (Å²) in [7, 11) is 0. The summed E-state index contributed by atoms with van der Waals surface area (Å²) in [6.07, 6.45) is -1.81. The first kappa shape index (κ1) is 17.4. The van der Waals surface area contributed by atoms with Crippen LogP contribution in [0.5, 0.6) is 0 Å². The van der Waals surface area contributed by atoms with Gasteiger partial charge in [-0.15, -0.1) is 0 Å². The van der Waals surface area contributed by atoms with Gasteiger partial charge in [0, 0.05) is 25.2 Å². The zero-order chi connectivity index (χ0) is 17.1. The van der Waals surface area contributed by atoms with Crippen LogP contribution in [0.3, 0.4) is 0 Å². The van der Waals surface area contributed by atoms with Crippen LogP contribution in [0.15, 0.2) is 24.5 Å². The summed E-state index contributed by atoms with van der Waals surface area (Å²) in [6, 6.07) is 3.62. The molecule has 2 aromatic rings. The molecular weight excluding hydrogens is 309 g/mol. The molecule has 5 nitrogen and oxygen atoms in total. The van der Waals surface area contributed by atoms with E-state index in [0.29, 0.717) is 12.2 Å². The third kappa shape index (κ3) is 5.97. The largest absolute Gasteiger partial charge is 0.389 e. The van der Waals surface area contributed by atoms with Gasteiger partial charge in [0.1, 0.15) is 5.82 Å². The molecule has 0 amide bonds. The molecule has 1 N–H and O–H groups in total. The van der Waals surface area contributed by atoms with E-state index in [2.05, 4.69) is 15.1 Å². The first-order valence-electron chi connectivity index (χ1n) is 7.23. The van der Waals surface area contributed by atoms with Crippen LogP contribution in [0.25, 0.3) is 0 Å². The fraction of sp³-hybridized carbons (Fsp3) is 0.533. The highest BCUT2D eigenvalue weighted by Gasteiger charge is 2.28. The lowest BCUT2D eigenvalue weighted by Gasteiger charge is -2.18. The van der Waals surface area contributed by atoms with Crippen molar-refractivity contribution in [1.29, 1.82) is 0 Å². The smallest absolute Gasteiger partial charge is 0.389 e. The molecular formula is C15H19F3N4O. The summed E-state index contributed by atoms with van der Waals surface area (Å²) in [4.78, 5) is 8.19. The number of halogens is 3. The zero-order valence-corrected chi connectivity index (χ0v) is 13.0. The Bertz CT molecular complexity index is 632. The van der Waals surface area contributed by atoms with Crippen molar-refractivity contribution in [3.05, 3.63) is 41.7 Å². The van der Waals surface area contributed by atoms with Crippen molar-refractivity contribution in [2.75, 3.05) is 0 Å². The number of rotatable bonds is 6. The van der Waals surface area contributed by atoms with Crippen molar-refractivity contribution in [3.63, 3.8) is 0 Å². The number of hydrogen-bond donors (Lipinski definition) is 1. The molecule has 2 heterocycles. The predicted molar refractivity (Wildman–Crippen MR) is 77.7 cm³/mol. The SMILES string of the molecule is CC(C)(O)Cn1nc(Cc2cccnc2)nc1CCC(F)(F)F. The molecule has 0 aromatic carbocycles.